The predicted molar refractivity (Wildman–Crippen MR) is 90.0 cm³/mol. The zero-order valence-electron chi connectivity index (χ0n) is 13.6. The quantitative estimate of drug-likeness (QED) is 0.775. The van der Waals surface area contributed by atoms with Crippen LogP contribution in [0, 0.1) is 23.2 Å². The van der Waals surface area contributed by atoms with Gasteiger partial charge in [0.2, 0.25) is 0 Å². The molecule has 0 aliphatic carbocycles. The van der Waals surface area contributed by atoms with E-state index in [0.717, 1.165) is 18.1 Å². The molecule has 0 unspecified atom stereocenters. The van der Waals surface area contributed by atoms with E-state index >= 15 is 0 Å². The summed E-state index contributed by atoms with van der Waals surface area (Å²) in [5.74, 6) is 0.960. The topological polar surface area (TPSA) is 70.1 Å². The highest BCUT2D eigenvalue weighted by Crippen LogP contribution is 2.39. The largest absolute Gasteiger partial charge is 0.396 e. The molecule has 0 aromatic carbocycles. The van der Waals surface area contributed by atoms with Gasteiger partial charge in [-0.25, -0.2) is 0 Å². The number of nitrogens with zero attached hydrogens (tertiary/aromatic N) is 2. The summed E-state index contributed by atoms with van der Waals surface area (Å²) in [6.07, 6.45) is 0.406. The van der Waals surface area contributed by atoms with Crippen molar-refractivity contribution in [3.8, 4) is 6.07 Å². The maximum Gasteiger partial charge on any atom is 0.174 e. The van der Waals surface area contributed by atoms with Gasteiger partial charge in [0.15, 0.2) is 5.78 Å². The third-order valence-electron chi connectivity index (χ3n) is 3.07. The average Bonchev–Trinajstić information content (AvgIpc) is 2.73. The van der Waals surface area contributed by atoms with E-state index in [1.165, 1.54) is 11.3 Å². The molecule has 1 aromatic heterocycles. The number of ketones is 1. The number of Topliss-reactive ketones (excluding diaryl/α,β-unsaturated/α-hetero) is 1. The van der Waals surface area contributed by atoms with Crippen LogP contribution in [0.5, 0.6) is 0 Å². The van der Waals surface area contributed by atoms with Crippen molar-refractivity contribution >= 4 is 27.8 Å². The number of carbonyl (C=O) groups is 1. The number of hydrogen-bond acceptors (Lipinski definition) is 5. The highest BCUT2D eigenvalue weighted by atomic mass is 32.1. The fraction of sp³-hybridized carbons (Fsp3) is 0.625. The van der Waals surface area contributed by atoms with Gasteiger partial charge in [0.25, 0.3) is 0 Å². The molecule has 0 atom stereocenters. The molecule has 0 radical (unpaired) electrons. The van der Waals surface area contributed by atoms with Crippen LogP contribution in [0.2, 0.25) is 0 Å². The molecule has 0 saturated carbocycles. The second-order valence-electron chi connectivity index (χ2n) is 6.11. The number of carbonyl (C=O) groups excluding carboxylic acids is 1. The first-order valence-corrected chi connectivity index (χ1v) is 8.23. The first-order valence-electron chi connectivity index (χ1n) is 7.42. The number of nitriles is 1. The Balaban J connectivity index is 3.30. The van der Waals surface area contributed by atoms with Crippen LogP contribution in [0.15, 0.2) is 0 Å². The van der Waals surface area contributed by atoms with Gasteiger partial charge < -0.3 is 10.6 Å². The summed E-state index contributed by atoms with van der Waals surface area (Å²) >= 11 is 1.36. The lowest BCUT2D eigenvalue weighted by atomic mass is 10.1. The molecule has 0 saturated heterocycles. The minimum absolute atomic E-state index is 0.00861. The van der Waals surface area contributed by atoms with Gasteiger partial charge in [0.1, 0.15) is 16.6 Å². The molecule has 0 aliphatic rings. The Labute approximate surface area is 131 Å². The number of nitrogens with two attached hydrogens (primary N) is 1. The smallest absolute Gasteiger partial charge is 0.174 e. The van der Waals surface area contributed by atoms with Crippen molar-refractivity contribution in [3.05, 3.63) is 10.4 Å². The first kappa shape index (κ1) is 17.5. The van der Waals surface area contributed by atoms with Gasteiger partial charge in [0.05, 0.1) is 10.6 Å². The molecule has 0 amide bonds. The number of anilines is 2. The Morgan fingerprint density at radius 3 is 2.19 bits per heavy atom. The maximum atomic E-state index is 12.0. The molecule has 1 heterocycles. The molecule has 116 valence electrons. The van der Waals surface area contributed by atoms with Crippen molar-refractivity contribution < 1.29 is 4.79 Å². The Morgan fingerprint density at radius 1 is 1.29 bits per heavy atom. The molecule has 2 N–H and O–H groups in total. The van der Waals surface area contributed by atoms with E-state index in [2.05, 4.69) is 38.7 Å². The summed E-state index contributed by atoms with van der Waals surface area (Å²) in [4.78, 5) is 14.7. The summed E-state index contributed by atoms with van der Waals surface area (Å²) in [6, 6.07) is 2.18. The second-order valence-corrected chi connectivity index (χ2v) is 7.11. The third kappa shape index (κ3) is 4.21. The molecule has 0 bridgehead atoms. The highest BCUT2D eigenvalue weighted by Gasteiger charge is 2.24. The monoisotopic (exact) mass is 307 g/mol. The molecule has 1 rings (SSSR count). The van der Waals surface area contributed by atoms with Crippen LogP contribution in [-0.2, 0) is 0 Å². The third-order valence-corrected chi connectivity index (χ3v) is 4.38. The lowest BCUT2D eigenvalue weighted by Gasteiger charge is -2.27. The van der Waals surface area contributed by atoms with Crippen molar-refractivity contribution in [3.63, 3.8) is 0 Å². The Morgan fingerprint density at radius 2 is 1.81 bits per heavy atom. The van der Waals surface area contributed by atoms with Crippen LogP contribution in [0.25, 0.3) is 0 Å². The van der Waals surface area contributed by atoms with Gasteiger partial charge in [-0.3, -0.25) is 4.79 Å². The summed E-state index contributed by atoms with van der Waals surface area (Å²) in [5.41, 5.74) is 6.84. The van der Waals surface area contributed by atoms with Gasteiger partial charge in [0, 0.05) is 19.5 Å². The molecule has 0 aliphatic heterocycles. The molecule has 4 nitrogen and oxygen atoms in total. The summed E-state index contributed by atoms with van der Waals surface area (Å²) in [6.45, 7) is 12.1. The highest BCUT2D eigenvalue weighted by molar-refractivity contribution is 7.19. The summed E-state index contributed by atoms with van der Waals surface area (Å²) in [5, 5.41) is 10.3. The Hall–Kier alpha value is -1.54. The minimum Gasteiger partial charge on any atom is -0.396 e. The molecule has 21 heavy (non-hydrogen) atoms. The van der Waals surface area contributed by atoms with Crippen LogP contribution >= 0.6 is 11.3 Å². The Kier molecular flexibility index (Phi) is 6.22. The van der Waals surface area contributed by atoms with E-state index in [0.29, 0.717) is 34.4 Å². The molecular weight excluding hydrogens is 282 g/mol. The van der Waals surface area contributed by atoms with Crippen LogP contribution in [0.1, 0.15) is 56.3 Å². The van der Waals surface area contributed by atoms with E-state index in [9.17, 15) is 10.1 Å². The van der Waals surface area contributed by atoms with Gasteiger partial charge in [-0.15, -0.1) is 11.3 Å². The first-order chi connectivity index (χ1) is 9.81. The van der Waals surface area contributed by atoms with E-state index in [1.807, 2.05) is 6.92 Å². The summed E-state index contributed by atoms with van der Waals surface area (Å²) < 4.78 is 0. The van der Waals surface area contributed by atoms with Gasteiger partial charge >= 0.3 is 0 Å². The fourth-order valence-corrected chi connectivity index (χ4v) is 3.45. The fourth-order valence-electron chi connectivity index (χ4n) is 2.25. The number of hydrogen-bond donors (Lipinski definition) is 1. The van der Waals surface area contributed by atoms with Gasteiger partial charge in [-0.1, -0.05) is 34.6 Å². The normalized spacial score (nSPS) is 11.0. The molecule has 5 heteroatoms. The Bertz CT molecular complexity index is 530. The predicted octanol–water partition coefficient (Wildman–Crippen LogP) is 3.91. The zero-order chi connectivity index (χ0) is 16.2. The van der Waals surface area contributed by atoms with Crippen LogP contribution < -0.4 is 10.6 Å². The van der Waals surface area contributed by atoms with Crippen molar-refractivity contribution in [2.45, 2.75) is 41.0 Å². The lowest BCUT2D eigenvalue weighted by molar-refractivity contribution is 0.0993. The average molecular weight is 307 g/mol. The van der Waals surface area contributed by atoms with Crippen molar-refractivity contribution in [1.82, 2.24) is 0 Å². The van der Waals surface area contributed by atoms with Crippen LogP contribution in [0.3, 0.4) is 0 Å². The molecule has 1 aromatic rings. The van der Waals surface area contributed by atoms with E-state index < -0.39 is 0 Å². The number of rotatable bonds is 7. The van der Waals surface area contributed by atoms with E-state index in [1.54, 1.807) is 0 Å². The molecule has 0 spiro atoms. The number of nitrogen functional groups attached to an aromatic ring is 1. The second kappa shape index (κ2) is 7.46. The lowest BCUT2D eigenvalue weighted by Crippen LogP contribution is -2.31. The SMILES string of the molecule is CCC(=O)c1sc(N(CC(C)C)CC(C)C)c(C#N)c1N. The standard InChI is InChI=1S/C16H25N3OS/c1-6-13(20)15-14(18)12(7-17)16(21-15)19(8-10(2)3)9-11(4)5/h10-11H,6,8-9,18H2,1-5H3. The zero-order valence-corrected chi connectivity index (χ0v) is 14.4. The van der Waals surface area contributed by atoms with Crippen molar-refractivity contribution in [2.75, 3.05) is 23.7 Å². The van der Waals surface area contributed by atoms with Crippen LogP contribution in [-0.4, -0.2) is 18.9 Å². The van der Waals surface area contributed by atoms with Crippen molar-refractivity contribution in [2.24, 2.45) is 11.8 Å². The molecule has 0 fully saturated rings. The minimum atomic E-state index is 0.00861. The summed E-state index contributed by atoms with van der Waals surface area (Å²) in [7, 11) is 0. The van der Waals surface area contributed by atoms with Crippen molar-refractivity contribution in [1.29, 1.82) is 5.26 Å². The van der Waals surface area contributed by atoms with Gasteiger partial charge in [-0.05, 0) is 11.8 Å². The number of thiophene rings is 1. The van der Waals surface area contributed by atoms with E-state index in [4.69, 9.17) is 5.73 Å². The van der Waals surface area contributed by atoms with Gasteiger partial charge in [-0.2, -0.15) is 5.26 Å². The maximum absolute atomic E-state index is 12.0. The van der Waals surface area contributed by atoms with E-state index in [-0.39, 0.29) is 5.78 Å². The molecular formula is C16H25N3OS. The van der Waals surface area contributed by atoms with Crippen LogP contribution in [0.4, 0.5) is 10.7 Å².